The van der Waals surface area contributed by atoms with E-state index in [0.717, 1.165) is 19.4 Å². The molecule has 6 heteroatoms. The maximum absolute atomic E-state index is 12.3. The van der Waals surface area contributed by atoms with Crippen LogP contribution in [0.5, 0.6) is 0 Å². The minimum Gasteiger partial charge on any atom is -0.444 e. The lowest BCUT2D eigenvalue weighted by Gasteiger charge is -2.37. The number of hydrogen-bond donors (Lipinski definition) is 1. The molecule has 0 saturated carbocycles. The van der Waals surface area contributed by atoms with E-state index in [1.807, 2.05) is 39.5 Å². The van der Waals surface area contributed by atoms with Crippen LogP contribution in [0.3, 0.4) is 0 Å². The van der Waals surface area contributed by atoms with Crippen LogP contribution in [0.15, 0.2) is 0 Å². The molecule has 1 atom stereocenters. The Morgan fingerprint density at radius 1 is 1.36 bits per heavy atom. The SMILES string of the molecule is CC(C)N(CC1CCCN(C(=O)CN)C1)C(=O)OC(C)(C)C. The number of carbonyl (C=O) groups is 2. The van der Waals surface area contributed by atoms with Crippen LogP contribution < -0.4 is 5.73 Å². The second-order valence-electron chi connectivity index (χ2n) is 7.28. The molecule has 1 fully saturated rings. The largest absolute Gasteiger partial charge is 0.444 e. The highest BCUT2D eigenvalue weighted by molar-refractivity contribution is 5.78. The molecule has 2 N–H and O–H groups in total. The average molecular weight is 313 g/mol. The van der Waals surface area contributed by atoms with Crippen LogP contribution in [-0.4, -0.2) is 59.6 Å². The zero-order chi connectivity index (χ0) is 16.9. The number of rotatable bonds is 4. The van der Waals surface area contributed by atoms with Gasteiger partial charge in [0.25, 0.3) is 0 Å². The molecule has 128 valence electrons. The van der Waals surface area contributed by atoms with Gasteiger partial charge in [0, 0.05) is 25.7 Å². The minimum absolute atomic E-state index is 0.0157. The molecule has 22 heavy (non-hydrogen) atoms. The summed E-state index contributed by atoms with van der Waals surface area (Å²) in [5.41, 5.74) is 4.94. The second-order valence-corrected chi connectivity index (χ2v) is 7.28. The predicted octanol–water partition coefficient (Wildman–Crippen LogP) is 1.83. The van der Waals surface area contributed by atoms with Gasteiger partial charge in [-0.2, -0.15) is 0 Å². The van der Waals surface area contributed by atoms with Gasteiger partial charge in [-0.25, -0.2) is 4.79 Å². The van der Waals surface area contributed by atoms with E-state index >= 15 is 0 Å². The Balaban J connectivity index is 2.66. The number of piperidine rings is 1. The molecule has 6 nitrogen and oxygen atoms in total. The predicted molar refractivity (Wildman–Crippen MR) is 86.4 cm³/mol. The minimum atomic E-state index is -0.502. The Kier molecular flexibility index (Phi) is 6.66. The summed E-state index contributed by atoms with van der Waals surface area (Å²) in [6, 6.07) is 0.0652. The summed E-state index contributed by atoms with van der Waals surface area (Å²) in [6.07, 6.45) is 1.68. The zero-order valence-corrected chi connectivity index (χ0v) is 14.6. The van der Waals surface area contributed by atoms with Crippen LogP contribution in [0, 0.1) is 5.92 Å². The van der Waals surface area contributed by atoms with Gasteiger partial charge in [0.05, 0.1) is 6.54 Å². The van der Waals surface area contributed by atoms with Gasteiger partial charge < -0.3 is 20.3 Å². The highest BCUT2D eigenvalue weighted by atomic mass is 16.6. The van der Waals surface area contributed by atoms with Gasteiger partial charge in [-0.3, -0.25) is 4.79 Å². The summed E-state index contributed by atoms with van der Waals surface area (Å²) in [5.74, 6) is 0.261. The van der Waals surface area contributed by atoms with E-state index < -0.39 is 5.60 Å². The topological polar surface area (TPSA) is 75.9 Å². The van der Waals surface area contributed by atoms with Gasteiger partial charge in [0.15, 0.2) is 0 Å². The molecule has 0 radical (unpaired) electrons. The molecule has 1 aliphatic rings. The summed E-state index contributed by atoms with van der Waals surface area (Å²) in [5, 5.41) is 0. The Morgan fingerprint density at radius 2 is 2.00 bits per heavy atom. The van der Waals surface area contributed by atoms with Crippen molar-refractivity contribution in [1.29, 1.82) is 0 Å². The summed E-state index contributed by atoms with van der Waals surface area (Å²) in [6.45, 7) is 11.7. The van der Waals surface area contributed by atoms with Gasteiger partial charge in [-0.05, 0) is 53.4 Å². The maximum atomic E-state index is 12.3. The molecule has 1 unspecified atom stereocenters. The lowest BCUT2D eigenvalue weighted by Crippen LogP contribution is -2.49. The fourth-order valence-electron chi connectivity index (χ4n) is 2.66. The lowest BCUT2D eigenvalue weighted by atomic mass is 9.97. The van der Waals surface area contributed by atoms with Gasteiger partial charge in [-0.1, -0.05) is 0 Å². The normalized spacial score (nSPS) is 19.2. The van der Waals surface area contributed by atoms with Crippen molar-refractivity contribution < 1.29 is 14.3 Å². The first kappa shape index (κ1) is 18.7. The fourth-order valence-corrected chi connectivity index (χ4v) is 2.66. The maximum Gasteiger partial charge on any atom is 0.410 e. The van der Waals surface area contributed by atoms with E-state index in [4.69, 9.17) is 10.5 Å². The van der Waals surface area contributed by atoms with Crippen molar-refractivity contribution in [3.63, 3.8) is 0 Å². The summed E-state index contributed by atoms with van der Waals surface area (Å²) < 4.78 is 5.48. The fraction of sp³-hybridized carbons (Fsp3) is 0.875. The number of ether oxygens (including phenoxy) is 1. The van der Waals surface area contributed by atoms with Crippen molar-refractivity contribution in [1.82, 2.24) is 9.80 Å². The first-order valence-electron chi connectivity index (χ1n) is 8.11. The third-order valence-electron chi connectivity index (χ3n) is 3.75. The third kappa shape index (κ3) is 5.83. The molecule has 0 spiro atoms. The quantitative estimate of drug-likeness (QED) is 0.859. The molecule has 1 saturated heterocycles. The van der Waals surface area contributed by atoms with Crippen molar-refractivity contribution in [2.45, 2.75) is 59.1 Å². The van der Waals surface area contributed by atoms with E-state index in [1.54, 1.807) is 4.90 Å². The number of likely N-dealkylation sites (tertiary alicyclic amines) is 1. The average Bonchev–Trinajstić information content (AvgIpc) is 2.41. The zero-order valence-electron chi connectivity index (χ0n) is 14.6. The molecule has 0 aromatic rings. The Bertz CT molecular complexity index is 391. The second kappa shape index (κ2) is 7.81. The lowest BCUT2D eigenvalue weighted by molar-refractivity contribution is -0.131. The number of nitrogens with zero attached hydrogens (tertiary/aromatic N) is 2. The monoisotopic (exact) mass is 313 g/mol. The van der Waals surface area contributed by atoms with Gasteiger partial charge in [-0.15, -0.1) is 0 Å². The molecule has 0 aromatic heterocycles. The molecule has 1 rings (SSSR count). The number of nitrogens with two attached hydrogens (primary N) is 1. The van der Waals surface area contributed by atoms with E-state index in [9.17, 15) is 9.59 Å². The molecular formula is C16H31N3O3. The Labute approximate surface area is 134 Å². The number of hydrogen-bond acceptors (Lipinski definition) is 4. The van der Waals surface area contributed by atoms with Crippen molar-refractivity contribution in [3.8, 4) is 0 Å². The van der Waals surface area contributed by atoms with E-state index in [2.05, 4.69) is 0 Å². The van der Waals surface area contributed by atoms with Gasteiger partial charge in [0.2, 0.25) is 5.91 Å². The molecule has 1 heterocycles. The van der Waals surface area contributed by atoms with Crippen LogP contribution in [0.1, 0.15) is 47.5 Å². The van der Waals surface area contributed by atoms with E-state index in [0.29, 0.717) is 13.1 Å². The summed E-state index contributed by atoms with van der Waals surface area (Å²) >= 11 is 0. The molecule has 0 aromatic carbocycles. The van der Waals surface area contributed by atoms with Crippen molar-refractivity contribution in [2.24, 2.45) is 11.7 Å². The van der Waals surface area contributed by atoms with E-state index in [1.165, 1.54) is 0 Å². The molecule has 2 amide bonds. The highest BCUT2D eigenvalue weighted by Gasteiger charge is 2.29. The first-order chi connectivity index (χ1) is 10.1. The summed E-state index contributed by atoms with van der Waals surface area (Å²) in [4.78, 5) is 27.7. The van der Waals surface area contributed by atoms with Crippen LogP contribution in [-0.2, 0) is 9.53 Å². The molecule has 1 aliphatic heterocycles. The van der Waals surface area contributed by atoms with Crippen molar-refractivity contribution in [2.75, 3.05) is 26.2 Å². The standard InChI is InChI=1S/C16H31N3O3/c1-12(2)19(15(21)22-16(3,4)5)11-13-7-6-8-18(10-13)14(20)9-17/h12-13H,6-11,17H2,1-5H3. The third-order valence-corrected chi connectivity index (χ3v) is 3.75. The summed E-state index contributed by atoms with van der Waals surface area (Å²) in [7, 11) is 0. The van der Waals surface area contributed by atoms with Crippen molar-refractivity contribution >= 4 is 12.0 Å². The molecule has 0 aliphatic carbocycles. The van der Waals surface area contributed by atoms with Gasteiger partial charge >= 0.3 is 6.09 Å². The Morgan fingerprint density at radius 3 is 2.50 bits per heavy atom. The molecular weight excluding hydrogens is 282 g/mol. The number of amides is 2. The van der Waals surface area contributed by atoms with Crippen LogP contribution in [0.2, 0.25) is 0 Å². The Hall–Kier alpha value is -1.30. The van der Waals surface area contributed by atoms with Crippen LogP contribution >= 0.6 is 0 Å². The number of carbonyl (C=O) groups excluding carboxylic acids is 2. The van der Waals surface area contributed by atoms with Crippen molar-refractivity contribution in [3.05, 3.63) is 0 Å². The molecule has 0 bridgehead atoms. The van der Waals surface area contributed by atoms with Gasteiger partial charge in [0.1, 0.15) is 5.60 Å². The van der Waals surface area contributed by atoms with Crippen LogP contribution in [0.4, 0.5) is 4.79 Å². The highest BCUT2D eigenvalue weighted by Crippen LogP contribution is 2.20. The van der Waals surface area contributed by atoms with Crippen LogP contribution in [0.25, 0.3) is 0 Å². The smallest absolute Gasteiger partial charge is 0.410 e. The first-order valence-corrected chi connectivity index (χ1v) is 8.11. The van der Waals surface area contributed by atoms with E-state index in [-0.39, 0.29) is 30.5 Å².